The van der Waals surface area contributed by atoms with E-state index in [2.05, 4.69) is 47.8 Å². The average Bonchev–Trinajstić information content (AvgIpc) is 2.48. The van der Waals surface area contributed by atoms with E-state index in [1.165, 1.54) is 30.0 Å². The highest BCUT2D eigenvalue weighted by Crippen LogP contribution is 2.32. The minimum absolute atomic E-state index is 0.110. The molecule has 2 aromatic carbocycles. The summed E-state index contributed by atoms with van der Waals surface area (Å²) >= 11 is 0. The second kappa shape index (κ2) is 5.22. The lowest BCUT2D eigenvalue weighted by molar-refractivity contribution is 0.173. The van der Waals surface area contributed by atoms with Gasteiger partial charge in [-0.05, 0) is 35.7 Å². The summed E-state index contributed by atoms with van der Waals surface area (Å²) in [5, 5.41) is 15.8. The second-order valence-electron chi connectivity index (χ2n) is 5.69. The Hall–Kier alpha value is -1.54. The largest absolute Gasteiger partial charge is 0.394 e. The molecule has 2 nitrogen and oxygen atoms in total. The molecule has 0 amide bonds. The molecule has 0 aliphatic heterocycles. The standard InChI is InChI=1S/C17H21NO/c19-13-17(10-4-1-5-11-17)18-16-9-8-14-6-2-3-7-15(14)12-16/h2-3,6-9,12,18-19H,1,4-5,10-11,13H2. The van der Waals surface area contributed by atoms with Crippen molar-refractivity contribution in [3.05, 3.63) is 42.5 Å². The van der Waals surface area contributed by atoms with Gasteiger partial charge in [0.1, 0.15) is 0 Å². The Balaban J connectivity index is 1.87. The summed E-state index contributed by atoms with van der Waals surface area (Å²) in [6.07, 6.45) is 5.84. The molecule has 0 unspecified atom stereocenters. The monoisotopic (exact) mass is 255 g/mol. The van der Waals surface area contributed by atoms with E-state index in [0.717, 1.165) is 18.5 Å². The molecule has 3 rings (SSSR count). The van der Waals surface area contributed by atoms with Crippen LogP contribution in [0.4, 0.5) is 5.69 Å². The molecular formula is C17H21NO. The molecule has 0 aromatic heterocycles. The van der Waals surface area contributed by atoms with Crippen LogP contribution in [0.1, 0.15) is 32.1 Å². The van der Waals surface area contributed by atoms with Gasteiger partial charge in [-0.1, -0.05) is 49.6 Å². The van der Waals surface area contributed by atoms with Crippen molar-refractivity contribution in [1.82, 2.24) is 0 Å². The Bertz CT molecular complexity index is 558. The molecule has 2 heteroatoms. The lowest BCUT2D eigenvalue weighted by Gasteiger charge is -2.37. The van der Waals surface area contributed by atoms with Crippen LogP contribution >= 0.6 is 0 Å². The summed E-state index contributed by atoms with van der Waals surface area (Å²) in [4.78, 5) is 0. The van der Waals surface area contributed by atoms with Crippen molar-refractivity contribution in [3.63, 3.8) is 0 Å². The third-order valence-corrected chi connectivity index (χ3v) is 4.27. The van der Waals surface area contributed by atoms with Gasteiger partial charge in [0.05, 0.1) is 12.1 Å². The van der Waals surface area contributed by atoms with Gasteiger partial charge >= 0.3 is 0 Å². The minimum atomic E-state index is -0.110. The fourth-order valence-corrected chi connectivity index (χ4v) is 3.12. The maximum atomic E-state index is 9.75. The molecule has 2 N–H and O–H groups in total. The van der Waals surface area contributed by atoms with E-state index >= 15 is 0 Å². The predicted molar refractivity (Wildman–Crippen MR) is 80.5 cm³/mol. The number of fused-ring (bicyclic) bond motifs is 1. The molecular weight excluding hydrogens is 234 g/mol. The first-order valence-corrected chi connectivity index (χ1v) is 7.19. The molecule has 1 fully saturated rings. The van der Waals surface area contributed by atoms with E-state index in [4.69, 9.17) is 0 Å². The molecule has 1 aliphatic rings. The third-order valence-electron chi connectivity index (χ3n) is 4.27. The number of anilines is 1. The van der Waals surface area contributed by atoms with E-state index in [9.17, 15) is 5.11 Å². The quantitative estimate of drug-likeness (QED) is 0.870. The van der Waals surface area contributed by atoms with Crippen molar-refractivity contribution in [2.24, 2.45) is 0 Å². The Morgan fingerprint density at radius 2 is 1.68 bits per heavy atom. The fraction of sp³-hybridized carbons (Fsp3) is 0.412. The molecule has 1 saturated carbocycles. The Morgan fingerprint density at radius 1 is 0.947 bits per heavy atom. The van der Waals surface area contributed by atoms with Crippen LogP contribution in [0.2, 0.25) is 0 Å². The third kappa shape index (κ3) is 2.59. The highest BCUT2D eigenvalue weighted by molar-refractivity contribution is 5.85. The fourth-order valence-electron chi connectivity index (χ4n) is 3.12. The molecule has 0 saturated heterocycles. The van der Waals surface area contributed by atoms with Crippen LogP contribution in [0.15, 0.2) is 42.5 Å². The number of nitrogens with one attached hydrogen (secondary N) is 1. The topological polar surface area (TPSA) is 32.3 Å². The van der Waals surface area contributed by atoms with E-state index in [1.54, 1.807) is 0 Å². The predicted octanol–water partition coefficient (Wildman–Crippen LogP) is 3.95. The molecule has 100 valence electrons. The lowest BCUT2D eigenvalue weighted by Crippen LogP contribution is -2.43. The first-order valence-electron chi connectivity index (χ1n) is 7.19. The zero-order valence-electron chi connectivity index (χ0n) is 11.2. The second-order valence-corrected chi connectivity index (χ2v) is 5.69. The van der Waals surface area contributed by atoms with Crippen LogP contribution in [0, 0.1) is 0 Å². The summed E-state index contributed by atoms with van der Waals surface area (Å²) in [5.41, 5.74) is 1.01. The normalized spacial score (nSPS) is 18.4. The minimum Gasteiger partial charge on any atom is -0.394 e. The SMILES string of the molecule is OCC1(Nc2ccc3ccccc3c2)CCCCC1. The Morgan fingerprint density at radius 3 is 2.42 bits per heavy atom. The van der Waals surface area contributed by atoms with E-state index in [-0.39, 0.29) is 12.1 Å². The van der Waals surface area contributed by atoms with Crippen molar-refractivity contribution >= 4 is 16.5 Å². The molecule has 0 heterocycles. The van der Waals surface area contributed by atoms with Gasteiger partial charge in [-0.25, -0.2) is 0 Å². The van der Waals surface area contributed by atoms with Crippen molar-refractivity contribution in [3.8, 4) is 0 Å². The van der Waals surface area contributed by atoms with Gasteiger partial charge in [0, 0.05) is 5.69 Å². The van der Waals surface area contributed by atoms with Gasteiger partial charge in [0.2, 0.25) is 0 Å². The summed E-state index contributed by atoms with van der Waals surface area (Å²) in [7, 11) is 0. The lowest BCUT2D eigenvalue weighted by atomic mass is 9.82. The van der Waals surface area contributed by atoms with Gasteiger partial charge in [-0.15, -0.1) is 0 Å². The van der Waals surface area contributed by atoms with E-state index in [1.807, 2.05) is 0 Å². The summed E-state index contributed by atoms with van der Waals surface area (Å²) < 4.78 is 0. The molecule has 0 radical (unpaired) electrons. The van der Waals surface area contributed by atoms with Gasteiger partial charge in [0.15, 0.2) is 0 Å². The molecule has 1 aliphatic carbocycles. The van der Waals surface area contributed by atoms with Crippen molar-refractivity contribution in [1.29, 1.82) is 0 Å². The maximum Gasteiger partial charge on any atom is 0.0661 e. The van der Waals surface area contributed by atoms with Crippen LogP contribution < -0.4 is 5.32 Å². The zero-order valence-corrected chi connectivity index (χ0v) is 11.2. The van der Waals surface area contributed by atoms with Crippen LogP contribution in [0.3, 0.4) is 0 Å². The molecule has 19 heavy (non-hydrogen) atoms. The van der Waals surface area contributed by atoms with Gasteiger partial charge in [-0.3, -0.25) is 0 Å². The molecule has 0 bridgehead atoms. The maximum absolute atomic E-state index is 9.75. The average molecular weight is 255 g/mol. The van der Waals surface area contributed by atoms with Crippen LogP contribution in [-0.2, 0) is 0 Å². The summed E-state index contributed by atoms with van der Waals surface area (Å²) in [5.74, 6) is 0. The van der Waals surface area contributed by atoms with Crippen molar-refractivity contribution < 1.29 is 5.11 Å². The van der Waals surface area contributed by atoms with E-state index in [0.29, 0.717) is 0 Å². The highest BCUT2D eigenvalue weighted by Gasteiger charge is 2.30. The van der Waals surface area contributed by atoms with E-state index < -0.39 is 0 Å². The highest BCUT2D eigenvalue weighted by atomic mass is 16.3. The van der Waals surface area contributed by atoms with Crippen LogP contribution in [-0.4, -0.2) is 17.3 Å². The number of rotatable bonds is 3. The molecule has 0 spiro atoms. The number of benzene rings is 2. The first-order chi connectivity index (χ1) is 9.31. The Labute approximate surface area is 114 Å². The summed E-state index contributed by atoms with van der Waals surface area (Å²) in [6.45, 7) is 0.222. The number of hydrogen-bond donors (Lipinski definition) is 2. The summed E-state index contributed by atoms with van der Waals surface area (Å²) in [6, 6.07) is 14.8. The number of aliphatic hydroxyl groups is 1. The number of hydrogen-bond acceptors (Lipinski definition) is 2. The smallest absolute Gasteiger partial charge is 0.0661 e. The van der Waals surface area contributed by atoms with Crippen LogP contribution in [0.5, 0.6) is 0 Å². The van der Waals surface area contributed by atoms with Crippen molar-refractivity contribution in [2.45, 2.75) is 37.6 Å². The van der Waals surface area contributed by atoms with Crippen LogP contribution in [0.25, 0.3) is 10.8 Å². The van der Waals surface area contributed by atoms with Gasteiger partial charge in [-0.2, -0.15) is 0 Å². The zero-order chi connectivity index (χ0) is 13.1. The molecule has 0 atom stereocenters. The van der Waals surface area contributed by atoms with Gasteiger partial charge in [0.25, 0.3) is 0 Å². The number of aliphatic hydroxyl groups excluding tert-OH is 1. The van der Waals surface area contributed by atoms with Gasteiger partial charge < -0.3 is 10.4 Å². The van der Waals surface area contributed by atoms with Crippen molar-refractivity contribution in [2.75, 3.05) is 11.9 Å². The molecule has 2 aromatic rings. The Kier molecular flexibility index (Phi) is 3.43. The first kappa shape index (κ1) is 12.5.